The number of rotatable bonds is 4. The summed E-state index contributed by atoms with van der Waals surface area (Å²) in [5, 5.41) is 5.56. The molecule has 0 saturated heterocycles. The van der Waals surface area contributed by atoms with Gasteiger partial charge in [-0.1, -0.05) is 13.8 Å². The standard InChI is InChI=1S/C8H18N2O2/c1-6(2)10-5-7(3)12-8(11)9-4/h6-7,10H,5H2,1-4H3,(H,9,11). The van der Waals surface area contributed by atoms with E-state index in [0.717, 1.165) is 0 Å². The lowest BCUT2D eigenvalue weighted by Crippen LogP contribution is -2.35. The lowest BCUT2D eigenvalue weighted by Gasteiger charge is -2.15. The van der Waals surface area contributed by atoms with Crippen LogP contribution in [-0.4, -0.2) is 31.8 Å². The highest BCUT2D eigenvalue weighted by atomic mass is 16.6. The molecule has 0 rings (SSSR count). The number of nitrogens with one attached hydrogen (secondary N) is 2. The van der Waals surface area contributed by atoms with Crippen LogP contribution >= 0.6 is 0 Å². The van der Waals surface area contributed by atoms with E-state index in [1.807, 2.05) is 20.8 Å². The van der Waals surface area contributed by atoms with E-state index in [4.69, 9.17) is 4.74 Å². The van der Waals surface area contributed by atoms with Gasteiger partial charge in [0.05, 0.1) is 0 Å². The van der Waals surface area contributed by atoms with Gasteiger partial charge in [-0.2, -0.15) is 0 Å². The molecule has 1 unspecified atom stereocenters. The molecular weight excluding hydrogens is 156 g/mol. The van der Waals surface area contributed by atoms with Crippen LogP contribution < -0.4 is 10.6 Å². The smallest absolute Gasteiger partial charge is 0.407 e. The van der Waals surface area contributed by atoms with Crippen molar-refractivity contribution in [2.75, 3.05) is 13.6 Å². The van der Waals surface area contributed by atoms with E-state index >= 15 is 0 Å². The number of amides is 1. The summed E-state index contributed by atoms with van der Waals surface area (Å²) in [4.78, 5) is 10.7. The van der Waals surface area contributed by atoms with E-state index in [9.17, 15) is 4.79 Å². The first-order chi connectivity index (χ1) is 5.56. The molecule has 0 saturated carbocycles. The molecule has 0 heterocycles. The van der Waals surface area contributed by atoms with Gasteiger partial charge < -0.3 is 15.4 Å². The molecule has 0 aromatic carbocycles. The molecule has 4 nitrogen and oxygen atoms in total. The Morgan fingerprint density at radius 2 is 2.00 bits per heavy atom. The Morgan fingerprint density at radius 1 is 1.42 bits per heavy atom. The third kappa shape index (κ3) is 5.97. The molecule has 0 aromatic rings. The maximum Gasteiger partial charge on any atom is 0.407 e. The highest BCUT2D eigenvalue weighted by molar-refractivity contribution is 5.66. The minimum absolute atomic E-state index is 0.0904. The Morgan fingerprint density at radius 3 is 2.42 bits per heavy atom. The summed E-state index contributed by atoms with van der Waals surface area (Å²) in [7, 11) is 1.55. The molecule has 0 radical (unpaired) electrons. The zero-order valence-corrected chi connectivity index (χ0v) is 8.18. The summed E-state index contributed by atoms with van der Waals surface area (Å²) in [6, 6.07) is 0.417. The lowest BCUT2D eigenvalue weighted by molar-refractivity contribution is 0.107. The third-order valence-electron chi connectivity index (χ3n) is 1.33. The molecule has 1 amide bonds. The van der Waals surface area contributed by atoms with Gasteiger partial charge in [0.1, 0.15) is 6.10 Å². The van der Waals surface area contributed by atoms with Gasteiger partial charge in [-0.3, -0.25) is 0 Å². The predicted octanol–water partition coefficient (Wildman–Crippen LogP) is 0.729. The second-order valence-corrected chi connectivity index (χ2v) is 3.03. The van der Waals surface area contributed by atoms with Crippen molar-refractivity contribution in [3.8, 4) is 0 Å². The van der Waals surface area contributed by atoms with E-state index < -0.39 is 0 Å². The van der Waals surface area contributed by atoms with Crippen molar-refractivity contribution in [3.63, 3.8) is 0 Å². The number of ether oxygens (including phenoxy) is 1. The van der Waals surface area contributed by atoms with E-state index in [1.165, 1.54) is 0 Å². The predicted molar refractivity (Wildman–Crippen MR) is 48.1 cm³/mol. The Balaban J connectivity index is 3.45. The largest absolute Gasteiger partial charge is 0.445 e. The monoisotopic (exact) mass is 174 g/mol. The molecule has 0 spiro atoms. The maximum atomic E-state index is 10.7. The third-order valence-corrected chi connectivity index (χ3v) is 1.33. The average Bonchev–Trinajstić information content (AvgIpc) is 2.00. The van der Waals surface area contributed by atoms with Crippen LogP contribution in [0, 0.1) is 0 Å². The van der Waals surface area contributed by atoms with Crippen LogP contribution in [0.5, 0.6) is 0 Å². The lowest BCUT2D eigenvalue weighted by atomic mass is 10.3. The first-order valence-corrected chi connectivity index (χ1v) is 4.18. The molecular formula is C8H18N2O2. The molecule has 1 atom stereocenters. The number of alkyl carbamates (subject to hydrolysis) is 1. The van der Waals surface area contributed by atoms with Gasteiger partial charge in [0, 0.05) is 19.6 Å². The van der Waals surface area contributed by atoms with Crippen LogP contribution in [0.4, 0.5) is 4.79 Å². The molecule has 0 bridgehead atoms. The summed E-state index contributed by atoms with van der Waals surface area (Å²) in [6.45, 7) is 6.63. The highest BCUT2D eigenvalue weighted by Gasteiger charge is 2.06. The Kier molecular flexibility index (Phi) is 5.45. The maximum absolute atomic E-state index is 10.7. The molecule has 72 valence electrons. The van der Waals surface area contributed by atoms with E-state index in [1.54, 1.807) is 7.05 Å². The summed E-state index contributed by atoms with van der Waals surface area (Å²) < 4.78 is 4.94. The average molecular weight is 174 g/mol. The number of hydrogen-bond acceptors (Lipinski definition) is 3. The fraction of sp³-hybridized carbons (Fsp3) is 0.875. The molecule has 0 aliphatic rings. The second-order valence-electron chi connectivity index (χ2n) is 3.03. The minimum Gasteiger partial charge on any atom is -0.445 e. The van der Waals surface area contributed by atoms with Crippen molar-refractivity contribution in [3.05, 3.63) is 0 Å². The Bertz CT molecular complexity index is 137. The zero-order chi connectivity index (χ0) is 9.56. The molecule has 0 aromatic heterocycles. The molecule has 0 aliphatic heterocycles. The van der Waals surface area contributed by atoms with Crippen LogP contribution in [0.2, 0.25) is 0 Å². The molecule has 2 N–H and O–H groups in total. The first kappa shape index (κ1) is 11.2. The van der Waals surface area contributed by atoms with E-state index in [-0.39, 0.29) is 12.2 Å². The number of carbonyl (C=O) groups excluding carboxylic acids is 1. The second kappa shape index (κ2) is 5.83. The summed E-state index contributed by atoms with van der Waals surface area (Å²) in [5.41, 5.74) is 0. The van der Waals surface area contributed by atoms with Gasteiger partial charge in [0.25, 0.3) is 0 Å². The van der Waals surface area contributed by atoms with Gasteiger partial charge in [-0.25, -0.2) is 4.79 Å². The summed E-state index contributed by atoms with van der Waals surface area (Å²) in [5.74, 6) is 0. The highest BCUT2D eigenvalue weighted by Crippen LogP contribution is 1.89. The molecule has 4 heteroatoms. The van der Waals surface area contributed by atoms with Gasteiger partial charge in [0.15, 0.2) is 0 Å². The van der Waals surface area contributed by atoms with Crippen molar-refractivity contribution in [1.29, 1.82) is 0 Å². The van der Waals surface area contributed by atoms with Crippen LogP contribution in [0.25, 0.3) is 0 Å². The fourth-order valence-electron chi connectivity index (χ4n) is 0.685. The van der Waals surface area contributed by atoms with Crippen molar-refractivity contribution < 1.29 is 9.53 Å². The fourth-order valence-corrected chi connectivity index (χ4v) is 0.685. The summed E-state index contributed by atoms with van der Waals surface area (Å²) >= 11 is 0. The Hall–Kier alpha value is -0.770. The molecule has 0 aliphatic carbocycles. The van der Waals surface area contributed by atoms with Crippen molar-refractivity contribution >= 4 is 6.09 Å². The van der Waals surface area contributed by atoms with Crippen LogP contribution in [0.1, 0.15) is 20.8 Å². The quantitative estimate of drug-likeness (QED) is 0.660. The SMILES string of the molecule is CNC(=O)OC(C)CNC(C)C. The van der Waals surface area contributed by atoms with Gasteiger partial charge >= 0.3 is 6.09 Å². The van der Waals surface area contributed by atoms with Crippen molar-refractivity contribution in [1.82, 2.24) is 10.6 Å². The van der Waals surface area contributed by atoms with Gasteiger partial charge in [0.2, 0.25) is 0 Å². The number of hydrogen-bond donors (Lipinski definition) is 2. The van der Waals surface area contributed by atoms with Crippen molar-refractivity contribution in [2.24, 2.45) is 0 Å². The Labute approximate surface area is 73.7 Å². The van der Waals surface area contributed by atoms with E-state index in [0.29, 0.717) is 12.6 Å². The molecule has 0 fully saturated rings. The van der Waals surface area contributed by atoms with Gasteiger partial charge in [-0.05, 0) is 6.92 Å². The topological polar surface area (TPSA) is 50.4 Å². The van der Waals surface area contributed by atoms with E-state index in [2.05, 4.69) is 10.6 Å². The first-order valence-electron chi connectivity index (χ1n) is 4.18. The van der Waals surface area contributed by atoms with Crippen molar-refractivity contribution in [2.45, 2.75) is 32.9 Å². The van der Waals surface area contributed by atoms with Crippen LogP contribution in [0.3, 0.4) is 0 Å². The minimum atomic E-state index is -0.381. The van der Waals surface area contributed by atoms with Crippen LogP contribution in [0.15, 0.2) is 0 Å². The molecule has 12 heavy (non-hydrogen) atoms. The number of carbonyl (C=O) groups is 1. The van der Waals surface area contributed by atoms with Crippen LogP contribution in [-0.2, 0) is 4.74 Å². The van der Waals surface area contributed by atoms with Gasteiger partial charge in [-0.15, -0.1) is 0 Å². The normalized spacial score (nSPS) is 12.8. The summed E-state index contributed by atoms with van der Waals surface area (Å²) in [6.07, 6.45) is -0.472. The zero-order valence-electron chi connectivity index (χ0n) is 8.18.